The summed E-state index contributed by atoms with van der Waals surface area (Å²) in [5, 5.41) is 29.0. The molecule has 5 heteroatoms. The van der Waals surface area contributed by atoms with Crippen LogP contribution in [0.2, 0.25) is 0 Å². The molecule has 0 spiro atoms. The van der Waals surface area contributed by atoms with Gasteiger partial charge in [-0.15, -0.1) is 0 Å². The first kappa shape index (κ1) is 23.6. The van der Waals surface area contributed by atoms with Gasteiger partial charge in [-0.05, 0) is 25.7 Å². The summed E-state index contributed by atoms with van der Waals surface area (Å²) in [6, 6.07) is 0. The van der Waals surface area contributed by atoms with E-state index in [4.69, 9.17) is 9.47 Å². The maximum absolute atomic E-state index is 9.92. The van der Waals surface area contributed by atoms with Crippen molar-refractivity contribution in [1.82, 2.24) is 0 Å². The van der Waals surface area contributed by atoms with Gasteiger partial charge in [-0.25, -0.2) is 0 Å². The van der Waals surface area contributed by atoms with Crippen LogP contribution in [0.25, 0.3) is 0 Å². The molecule has 0 bridgehead atoms. The highest BCUT2D eigenvalue weighted by Gasteiger charge is 2.39. The molecule has 3 N–H and O–H groups in total. The van der Waals surface area contributed by atoms with Gasteiger partial charge in [0.25, 0.3) is 0 Å². The summed E-state index contributed by atoms with van der Waals surface area (Å²) in [6.07, 6.45) is 14.7. The van der Waals surface area contributed by atoms with E-state index < -0.39 is 24.4 Å². The van der Waals surface area contributed by atoms with E-state index in [0.717, 1.165) is 12.8 Å². The molecule has 0 saturated carbocycles. The van der Waals surface area contributed by atoms with Crippen LogP contribution < -0.4 is 0 Å². The number of aliphatic hydroxyl groups is 3. The van der Waals surface area contributed by atoms with Crippen LogP contribution in [0.4, 0.5) is 0 Å². The quantitative estimate of drug-likeness (QED) is 0.286. The normalized spacial score (nSPS) is 24.5. The third-order valence-corrected chi connectivity index (χ3v) is 4.89. The zero-order chi connectivity index (χ0) is 19.0. The lowest BCUT2D eigenvalue weighted by Gasteiger charge is -2.20. The number of hydrogen-bond acceptors (Lipinski definition) is 5. The summed E-state index contributed by atoms with van der Waals surface area (Å²) in [6.45, 7) is 3.04. The molecule has 0 aromatic heterocycles. The van der Waals surface area contributed by atoms with Crippen molar-refractivity contribution in [3.8, 4) is 0 Å². The molecule has 4 atom stereocenters. The number of rotatable bonds is 16. The van der Waals surface area contributed by atoms with Crippen molar-refractivity contribution in [3.05, 3.63) is 12.2 Å². The molecule has 0 aromatic rings. The average Bonchev–Trinajstić information content (AvgIpc) is 2.97. The number of aliphatic hydroxyl groups excluding tert-OH is 3. The Kier molecular flexibility index (Phi) is 14.1. The zero-order valence-corrected chi connectivity index (χ0v) is 16.5. The van der Waals surface area contributed by atoms with Gasteiger partial charge in [-0.3, -0.25) is 0 Å². The molecular weight excluding hydrogens is 332 g/mol. The fraction of sp³-hybridized carbons (Fsp3) is 0.905. The third kappa shape index (κ3) is 10.6. The van der Waals surface area contributed by atoms with Gasteiger partial charge in [0.05, 0.1) is 13.2 Å². The van der Waals surface area contributed by atoms with Gasteiger partial charge in [0.15, 0.2) is 0 Å². The molecule has 1 aliphatic heterocycles. The van der Waals surface area contributed by atoms with Crippen molar-refractivity contribution >= 4 is 0 Å². The molecule has 154 valence electrons. The second-order valence-corrected chi connectivity index (χ2v) is 7.38. The Morgan fingerprint density at radius 2 is 1.58 bits per heavy atom. The van der Waals surface area contributed by atoms with Gasteiger partial charge >= 0.3 is 0 Å². The van der Waals surface area contributed by atoms with Crippen LogP contribution >= 0.6 is 0 Å². The van der Waals surface area contributed by atoms with Crippen LogP contribution in [0.1, 0.15) is 77.6 Å². The second kappa shape index (κ2) is 15.6. The van der Waals surface area contributed by atoms with E-state index in [2.05, 4.69) is 19.1 Å². The molecule has 1 fully saturated rings. The lowest BCUT2D eigenvalue weighted by Crippen LogP contribution is -2.40. The fourth-order valence-electron chi connectivity index (χ4n) is 3.19. The Balaban J connectivity index is 1.81. The van der Waals surface area contributed by atoms with Crippen LogP contribution in [0, 0.1) is 0 Å². The van der Waals surface area contributed by atoms with Gasteiger partial charge in [-0.1, -0.05) is 64.0 Å². The standard InChI is InChI=1S/C21H40O5/c1-2-3-4-5-6-7-8-9-10-11-12-13-14-15-25-16-19(23)21-20(24)18(22)17-26-21/h4-5,18-24H,2-3,6-17H2,1H3/b5-4+/t18-,19+,20+,21+/m1/s1. The van der Waals surface area contributed by atoms with Gasteiger partial charge in [0.1, 0.15) is 24.4 Å². The van der Waals surface area contributed by atoms with Crippen molar-refractivity contribution in [3.63, 3.8) is 0 Å². The zero-order valence-electron chi connectivity index (χ0n) is 16.5. The number of allylic oxidation sites excluding steroid dienone is 2. The Hall–Kier alpha value is -0.460. The number of hydrogen-bond donors (Lipinski definition) is 3. The number of ether oxygens (including phenoxy) is 2. The van der Waals surface area contributed by atoms with Gasteiger partial charge in [0.2, 0.25) is 0 Å². The minimum Gasteiger partial charge on any atom is -0.388 e. The SMILES string of the molecule is CCC/C=C/CCCCCCCCCCOC[C@H](O)[C@@H]1OC[C@@H](O)[C@@H]1O. The van der Waals surface area contributed by atoms with Gasteiger partial charge in [0, 0.05) is 6.61 Å². The molecule has 26 heavy (non-hydrogen) atoms. The van der Waals surface area contributed by atoms with E-state index in [1.54, 1.807) is 0 Å². The lowest BCUT2D eigenvalue weighted by atomic mass is 10.1. The molecule has 1 aliphatic rings. The predicted octanol–water partition coefficient (Wildman–Crippen LogP) is 3.35. The van der Waals surface area contributed by atoms with Crippen molar-refractivity contribution in [2.45, 2.75) is 102 Å². The molecule has 0 amide bonds. The Labute approximate surface area is 159 Å². The maximum atomic E-state index is 9.92. The maximum Gasteiger partial charge on any atom is 0.114 e. The van der Waals surface area contributed by atoms with Crippen LogP contribution in [-0.2, 0) is 9.47 Å². The van der Waals surface area contributed by atoms with E-state index in [0.29, 0.717) is 6.61 Å². The van der Waals surface area contributed by atoms with Crippen LogP contribution in [0.5, 0.6) is 0 Å². The summed E-state index contributed by atoms with van der Waals surface area (Å²) < 4.78 is 10.6. The van der Waals surface area contributed by atoms with Crippen LogP contribution in [0.3, 0.4) is 0 Å². The molecule has 1 saturated heterocycles. The molecule has 0 aromatic carbocycles. The molecule has 0 aliphatic carbocycles. The molecule has 0 radical (unpaired) electrons. The third-order valence-electron chi connectivity index (χ3n) is 4.89. The number of unbranched alkanes of at least 4 members (excludes halogenated alkanes) is 9. The first-order chi connectivity index (χ1) is 12.7. The smallest absolute Gasteiger partial charge is 0.114 e. The van der Waals surface area contributed by atoms with Gasteiger partial charge < -0.3 is 24.8 Å². The van der Waals surface area contributed by atoms with E-state index in [9.17, 15) is 15.3 Å². The molecule has 0 unspecified atom stereocenters. The van der Waals surface area contributed by atoms with E-state index >= 15 is 0 Å². The van der Waals surface area contributed by atoms with Crippen molar-refractivity contribution in [2.24, 2.45) is 0 Å². The molecule has 5 nitrogen and oxygen atoms in total. The summed E-state index contributed by atoms with van der Waals surface area (Å²) in [7, 11) is 0. The second-order valence-electron chi connectivity index (χ2n) is 7.38. The lowest BCUT2D eigenvalue weighted by molar-refractivity contribution is -0.0813. The topological polar surface area (TPSA) is 79.2 Å². The fourth-order valence-corrected chi connectivity index (χ4v) is 3.19. The van der Waals surface area contributed by atoms with Crippen LogP contribution in [-0.4, -0.2) is 59.6 Å². The van der Waals surface area contributed by atoms with Crippen molar-refractivity contribution in [2.75, 3.05) is 19.8 Å². The molecule has 1 heterocycles. The monoisotopic (exact) mass is 372 g/mol. The van der Waals surface area contributed by atoms with E-state index in [1.807, 2.05) is 0 Å². The summed E-state index contributed by atoms with van der Waals surface area (Å²) in [5.74, 6) is 0. The summed E-state index contributed by atoms with van der Waals surface area (Å²) in [5.41, 5.74) is 0. The van der Waals surface area contributed by atoms with Crippen LogP contribution in [0.15, 0.2) is 12.2 Å². The van der Waals surface area contributed by atoms with Crippen molar-refractivity contribution < 1.29 is 24.8 Å². The Bertz CT molecular complexity index is 347. The Morgan fingerprint density at radius 3 is 2.19 bits per heavy atom. The average molecular weight is 373 g/mol. The molecule has 1 rings (SSSR count). The first-order valence-electron chi connectivity index (χ1n) is 10.5. The minimum atomic E-state index is -1.03. The van der Waals surface area contributed by atoms with E-state index in [1.165, 1.54) is 57.8 Å². The highest BCUT2D eigenvalue weighted by atomic mass is 16.5. The highest BCUT2D eigenvalue weighted by molar-refractivity contribution is 4.87. The van der Waals surface area contributed by atoms with Crippen molar-refractivity contribution in [1.29, 1.82) is 0 Å². The summed E-state index contributed by atoms with van der Waals surface area (Å²) >= 11 is 0. The molecular formula is C21H40O5. The minimum absolute atomic E-state index is 0.0679. The largest absolute Gasteiger partial charge is 0.388 e. The predicted molar refractivity (Wildman–Crippen MR) is 104 cm³/mol. The van der Waals surface area contributed by atoms with Gasteiger partial charge in [-0.2, -0.15) is 0 Å². The highest BCUT2D eigenvalue weighted by Crippen LogP contribution is 2.18. The van der Waals surface area contributed by atoms with E-state index in [-0.39, 0.29) is 13.2 Å². The first-order valence-corrected chi connectivity index (χ1v) is 10.5. The summed E-state index contributed by atoms with van der Waals surface area (Å²) in [4.78, 5) is 0. The Morgan fingerprint density at radius 1 is 0.962 bits per heavy atom.